The van der Waals surface area contributed by atoms with Gasteiger partial charge in [0.15, 0.2) is 10.3 Å². The minimum Gasteiger partial charge on any atom is -0.480 e. The van der Waals surface area contributed by atoms with E-state index in [4.69, 9.17) is 28.3 Å². The minimum atomic E-state index is -1.06. The normalized spacial score (nSPS) is 18.9. The van der Waals surface area contributed by atoms with Gasteiger partial charge in [-0.1, -0.05) is 23.2 Å². The second-order valence-electron chi connectivity index (χ2n) is 3.21. The van der Waals surface area contributed by atoms with Gasteiger partial charge < -0.3 is 5.11 Å². The van der Waals surface area contributed by atoms with Crippen molar-refractivity contribution in [3.63, 3.8) is 0 Å². The second-order valence-corrected chi connectivity index (χ2v) is 3.92. The van der Waals surface area contributed by atoms with Crippen molar-refractivity contribution in [3.8, 4) is 0 Å². The van der Waals surface area contributed by atoms with Crippen LogP contribution in [-0.4, -0.2) is 20.6 Å². The van der Waals surface area contributed by atoms with Gasteiger partial charge in [-0.25, -0.2) is 9.78 Å². The summed E-state index contributed by atoms with van der Waals surface area (Å²) in [5.41, 5.74) is -0.153. The molecular weight excluding hydrogens is 243 g/mol. The molecule has 1 atom stereocenters. The molecule has 0 saturated heterocycles. The fourth-order valence-electron chi connectivity index (χ4n) is 1.71. The maximum atomic E-state index is 11.6. The second kappa shape index (κ2) is 3.50. The summed E-state index contributed by atoms with van der Waals surface area (Å²) in [6.45, 7) is 0. The SMILES string of the molecule is O=C(O)[C@@H]1CCc2c(Cl)nc(Cl)c(=O)n21. The van der Waals surface area contributed by atoms with Crippen LogP contribution < -0.4 is 5.56 Å². The van der Waals surface area contributed by atoms with Crippen molar-refractivity contribution in [1.82, 2.24) is 9.55 Å². The Morgan fingerprint density at radius 1 is 1.47 bits per heavy atom. The van der Waals surface area contributed by atoms with Crippen molar-refractivity contribution in [2.45, 2.75) is 18.9 Å². The van der Waals surface area contributed by atoms with Gasteiger partial charge >= 0.3 is 5.97 Å². The first kappa shape index (κ1) is 10.4. The van der Waals surface area contributed by atoms with Gasteiger partial charge in [0, 0.05) is 0 Å². The Kier molecular flexibility index (Phi) is 2.44. The molecule has 0 radical (unpaired) electrons. The predicted octanol–water partition coefficient (Wildman–Crippen LogP) is 1.12. The summed E-state index contributed by atoms with van der Waals surface area (Å²) < 4.78 is 1.11. The summed E-state index contributed by atoms with van der Waals surface area (Å²) in [5, 5.41) is 8.71. The Morgan fingerprint density at radius 2 is 2.13 bits per heavy atom. The van der Waals surface area contributed by atoms with Gasteiger partial charge in [0.2, 0.25) is 0 Å². The van der Waals surface area contributed by atoms with Crippen LogP contribution in [0.15, 0.2) is 4.79 Å². The van der Waals surface area contributed by atoms with Crippen LogP contribution in [0, 0.1) is 0 Å². The zero-order valence-electron chi connectivity index (χ0n) is 7.41. The highest BCUT2D eigenvalue weighted by Gasteiger charge is 2.32. The molecule has 0 fully saturated rings. The van der Waals surface area contributed by atoms with Gasteiger partial charge in [-0.3, -0.25) is 9.36 Å². The van der Waals surface area contributed by atoms with Gasteiger partial charge in [0.1, 0.15) is 6.04 Å². The average molecular weight is 249 g/mol. The Hall–Kier alpha value is -1.07. The van der Waals surface area contributed by atoms with Crippen LogP contribution in [-0.2, 0) is 11.2 Å². The molecule has 5 nitrogen and oxygen atoms in total. The zero-order valence-corrected chi connectivity index (χ0v) is 8.92. The lowest BCUT2D eigenvalue weighted by Gasteiger charge is -2.10. The Morgan fingerprint density at radius 3 is 2.73 bits per heavy atom. The summed E-state index contributed by atoms with van der Waals surface area (Å²) in [5.74, 6) is -1.06. The van der Waals surface area contributed by atoms with Crippen LogP contribution in [0.4, 0.5) is 0 Å². The molecule has 0 spiro atoms. The molecule has 0 saturated carbocycles. The highest BCUT2D eigenvalue weighted by Crippen LogP contribution is 2.28. The molecule has 1 aliphatic rings. The molecule has 1 aromatic rings. The molecule has 0 aliphatic carbocycles. The van der Waals surface area contributed by atoms with E-state index in [2.05, 4.69) is 4.98 Å². The molecule has 80 valence electrons. The van der Waals surface area contributed by atoms with E-state index < -0.39 is 17.6 Å². The quantitative estimate of drug-likeness (QED) is 0.809. The lowest BCUT2D eigenvalue weighted by Crippen LogP contribution is -2.28. The Bertz CT molecular complexity index is 497. The van der Waals surface area contributed by atoms with Crippen molar-refractivity contribution in [3.05, 3.63) is 26.4 Å². The smallest absolute Gasteiger partial charge is 0.326 e. The summed E-state index contributed by atoms with van der Waals surface area (Å²) in [4.78, 5) is 26.1. The van der Waals surface area contributed by atoms with E-state index in [0.29, 0.717) is 18.5 Å². The van der Waals surface area contributed by atoms with Crippen molar-refractivity contribution >= 4 is 29.2 Å². The highest BCUT2D eigenvalue weighted by atomic mass is 35.5. The topological polar surface area (TPSA) is 72.2 Å². The number of nitrogens with zero attached hydrogens (tertiary/aromatic N) is 2. The summed E-state index contributed by atoms with van der Waals surface area (Å²) in [6, 6.07) is -0.884. The number of halogens is 2. The first-order chi connectivity index (χ1) is 7.02. The Balaban J connectivity index is 2.71. The van der Waals surface area contributed by atoms with Crippen molar-refractivity contribution in [2.75, 3.05) is 0 Å². The highest BCUT2D eigenvalue weighted by molar-refractivity contribution is 6.32. The van der Waals surface area contributed by atoms with E-state index in [-0.39, 0.29) is 10.3 Å². The average Bonchev–Trinajstić information content (AvgIpc) is 2.58. The summed E-state index contributed by atoms with van der Waals surface area (Å²) in [6.07, 6.45) is 0.765. The van der Waals surface area contributed by atoms with E-state index >= 15 is 0 Å². The number of carbonyl (C=O) groups is 1. The minimum absolute atomic E-state index is 0.100. The van der Waals surface area contributed by atoms with Gasteiger partial charge in [-0.05, 0) is 12.8 Å². The lowest BCUT2D eigenvalue weighted by atomic mass is 10.2. The summed E-state index contributed by atoms with van der Waals surface area (Å²) >= 11 is 11.3. The molecule has 0 amide bonds. The third-order valence-electron chi connectivity index (χ3n) is 2.37. The van der Waals surface area contributed by atoms with Crippen molar-refractivity contribution in [1.29, 1.82) is 0 Å². The number of aromatic nitrogens is 2. The standard InChI is InChI=1S/C8H6Cl2N2O3/c9-5-3-1-2-4(8(14)15)12(3)7(13)6(10)11-5/h4H,1-2H2,(H,14,15)/t4-/m0/s1. The molecule has 1 aliphatic heterocycles. The molecule has 0 aromatic carbocycles. The molecule has 0 unspecified atom stereocenters. The fourth-order valence-corrected chi connectivity index (χ4v) is 2.20. The van der Waals surface area contributed by atoms with Crippen molar-refractivity contribution in [2.24, 2.45) is 0 Å². The van der Waals surface area contributed by atoms with Gasteiger partial charge in [-0.2, -0.15) is 0 Å². The molecule has 2 rings (SSSR count). The van der Waals surface area contributed by atoms with E-state index in [1.165, 1.54) is 0 Å². The molecule has 7 heteroatoms. The number of carboxylic acid groups (broad SMARTS) is 1. The van der Waals surface area contributed by atoms with Gasteiger partial charge in [0.25, 0.3) is 5.56 Å². The molecular formula is C8H6Cl2N2O3. The van der Waals surface area contributed by atoms with E-state index in [9.17, 15) is 9.59 Å². The number of aliphatic carboxylic acids is 1. The van der Waals surface area contributed by atoms with Crippen LogP contribution in [0.5, 0.6) is 0 Å². The molecule has 1 N–H and O–H groups in total. The van der Waals surface area contributed by atoms with Crippen LogP contribution in [0.1, 0.15) is 18.2 Å². The van der Waals surface area contributed by atoms with Gasteiger partial charge in [-0.15, -0.1) is 0 Å². The largest absolute Gasteiger partial charge is 0.480 e. The van der Waals surface area contributed by atoms with E-state index in [0.717, 1.165) is 4.57 Å². The van der Waals surface area contributed by atoms with Crippen LogP contribution in [0.25, 0.3) is 0 Å². The third-order valence-corrected chi connectivity index (χ3v) is 2.92. The van der Waals surface area contributed by atoms with Crippen LogP contribution >= 0.6 is 23.2 Å². The van der Waals surface area contributed by atoms with Crippen LogP contribution in [0.2, 0.25) is 10.3 Å². The molecule has 0 bridgehead atoms. The number of hydrogen-bond donors (Lipinski definition) is 1. The first-order valence-electron chi connectivity index (χ1n) is 4.21. The predicted molar refractivity (Wildman–Crippen MR) is 53.5 cm³/mol. The lowest BCUT2D eigenvalue weighted by molar-refractivity contribution is -0.140. The number of hydrogen-bond acceptors (Lipinski definition) is 3. The monoisotopic (exact) mass is 248 g/mol. The van der Waals surface area contributed by atoms with Crippen LogP contribution in [0.3, 0.4) is 0 Å². The Labute approximate surface area is 94.3 Å². The van der Waals surface area contributed by atoms with Crippen molar-refractivity contribution < 1.29 is 9.90 Å². The third kappa shape index (κ3) is 1.52. The van der Waals surface area contributed by atoms with E-state index in [1.54, 1.807) is 0 Å². The molecule has 2 heterocycles. The number of fused-ring (bicyclic) bond motifs is 1. The van der Waals surface area contributed by atoms with Gasteiger partial charge in [0.05, 0.1) is 5.69 Å². The maximum absolute atomic E-state index is 11.6. The maximum Gasteiger partial charge on any atom is 0.326 e. The zero-order chi connectivity index (χ0) is 11.2. The fraction of sp³-hybridized carbons (Fsp3) is 0.375. The van der Waals surface area contributed by atoms with E-state index in [1.807, 2.05) is 0 Å². The summed E-state index contributed by atoms with van der Waals surface area (Å²) in [7, 11) is 0. The molecule has 15 heavy (non-hydrogen) atoms. The number of rotatable bonds is 1. The molecule has 1 aromatic heterocycles. The number of carboxylic acids is 1. The first-order valence-corrected chi connectivity index (χ1v) is 4.97.